The van der Waals surface area contributed by atoms with E-state index in [1.165, 1.54) is 21.0 Å². The van der Waals surface area contributed by atoms with Crippen LogP contribution < -0.4 is 0 Å². The molecule has 0 spiro atoms. The first-order valence-electron chi connectivity index (χ1n) is 13.9. The molecule has 7 nitrogen and oxygen atoms in total. The first-order chi connectivity index (χ1) is 16.9. The Kier molecular flexibility index (Phi) is 7.60. The molecule has 0 unspecified atom stereocenters. The zero-order chi connectivity index (χ0) is 26.4. The summed E-state index contributed by atoms with van der Waals surface area (Å²) < 4.78 is 16.5. The van der Waals surface area contributed by atoms with E-state index in [0.717, 1.165) is 38.5 Å². The van der Waals surface area contributed by atoms with Gasteiger partial charge in [-0.2, -0.15) is 0 Å². The highest BCUT2D eigenvalue weighted by Gasteiger charge is 2.66. The summed E-state index contributed by atoms with van der Waals surface area (Å²) in [5.41, 5.74) is -0.503. The summed E-state index contributed by atoms with van der Waals surface area (Å²) in [5.74, 6) is 0.785. The number of hydrogen-bond acceptors (Lipinski definition) is 7. The topological polar surface area (TPSA) is 96.0 Å². The third-order valence-electron chi connectivity index (χ3n) is 10.9. The fourth-order valence-corrected chi connectivity index (χ4v) is 9.14. The van der Waals surface area contributed by atoms with Crippen LogP contribution in [0.4, 0.5) is 0 Å². The van der Waals surface area contributed by atoms with E-state index in [-0.39, 0.29) is 71.0 Å². The maximum atomic E-state index is 14.0. The lowest BCUT2D eigenvalue weighted by Gasteiger charge is -2.62. The van der Waals surface area contributed by atoms with Gasteiger partial charge in [0.05, 0.1) is 7.11 Å². The summed E-state index contributed by atoms with van der Waals surface area (Å²) in [6.07, 6.45) is 6.44. The number of esters is 3. The quantitative estimate of drug-likeness (QED) is 0.375. The van der Waals surface area contributed by atoms with Crippen LogP contribution in [0.1, 0.15) is 92.4 Å². The monoisotopic (exact) mass is 504 g/mol. The van der Waals surface area contributed by atoms with Crippen molar-refractivity contribution in [1.29, 1.82) is 0 Å². The van der Waals surface area contributed by atoms with Gasteiger partial charge in [0.25, 0.3) is 0 Å². The highest BCUT2D eigenvalue weighted by Crippen LogP contribution is 2.67. The smallest absolute Gasteiger partial charge is 0.305 e. The van der Waals surface area contributed by atoms with E-state index in [2.05, 4.69) is 20.8 Å². The molecule has 0 N–H and O–H groups in total. The van der Waals surface area contributed by atoms with Gasteiger partial charge < -0.3 is 14.2 Å². The summed E-state index contributed by atoms with van der Waals surface area (Å²) in [4.78, 5) is 49.7. The molecule has 0 amide bonds. The van der Waals surface area contributed by atoms with Crippen LogP contribution in [-0.4, -0.2) is 43.0 Å². The summed E-state index contributed by atoms with van der Waals surface area (Å²) in [5, 5.41) is 0. The molecule has 7 heteroatoms. The number of rotatable bonds is 6. The van der Waals surface area contributed by atoms with Crippen LogP contribution in [0.3, 0.4) is 0 Å². The largest absolute Gasteiger partial charge is 0.469 e. The number of carbonyl (C=O) groups excluding carboxylic acids is 4. The van der Waals surface area contributed by atoms with Crippen molar-refractivity contribution in [2.24, 2.45) is 46.3 Å². The van der Waals surface area contributed by atoms with Gasteiger partial charge in [-0.25, -0.2) is 0 Å². The van der Waals surface area contributed by atoms with E-state index < -0.39 is 5.41 Å². The molecule has 36 heavy (non-hydrogen) atoms. The Labute approximate surface area is 215 Å². The minimum absolute atomic E-state index is 0.0382. The van der Waals surface area contributed by atoms with Crippen molar-refractivity contribution in [3.63, 3.8) is 0 Å². The lowest BCUT2D eigenvalue weighted by Crippen LogP contribution is -2.62. The van der Waals surface area contributed by atoms with E-state index >= 15 is 0 Å². The van der Waals surface area contributed by atoms with Crippen molar-refractivity contribution in [3.05, 3.63) is 0 Å². The molecule has 4 fully saturated rings. The fraction of sp³-hybridized carbons (Fsp3) is 0.862. The lowest BCUT2D eigenvalue weighted by atomic mass is 9.43. The van der Waals surface area contributed by atoms with E-state index in [9.17, 15) is 19.2 Å². The number of Topliss-reactive ketones (excluding diaryl/α,β-unsaturated/α-hetero) is 1. The summed E-state index contributed by atoms with van der Waals surface area (Å²) in [6, 6.07) is 0. The van der Waals surface area contributed by atoms with Crippen LogP contribution in [0.25, 0.3) is 0 Å². The van der Waals surface area contributed by atoms with Gasteiger partial charge in [-0.3, -0.25) is 19.2 Å². The molecule has 0 aliphatic heterocycles. The van der Waals surface area contributed by atoms with Gasteiger partial charge in [-0.15, -0.1) is 0 Å². The van der Waals surface area contributed by atoms with Crippen LogP contribution in [0.2, 0.25) is 0 Å². The van der Waals surface area contributed by atoms with Crippen LogP contribution in [0, 0.1) is 46.3 Å². The summed E-state index contributed by atoms with van der Waals surface area (Å²) in [6.45, 7) is 9.57. The molecular weight excluding hydrogens is 460 g/mol. The van der Waals surface area contributed by atoms with Gasteiger partial charge in [-0.05, 0) is 80.0 Å². The Balaban J connectivity index is 1.62. The summed E-state index contributed by atoms with van der Waals surface area (Å²) >= 11 is 0. The molecular formula is C29H44O7. The Bertz CT molecular complexity index is 898. The van der Waals surface area contributed by atoms with Crippen molar-refractivity contribution in [2.45, 2.75) is 105 Å². The Morgan fingerprint density at radius 3 is 2.33 bits per heavy atom. The van der Waals surface area contributed by atoms with Crippen LogP contribution in [0.5, 0.6) is 0 Å². The molecule has 4 rings (SSSR count). The molecule has 0 aromatic carbocycles. The molecule has 202 valence electrons. The average molecular weight is 505 g/mol. The van der Waals surface area contributed by atoms with E-state index in [4.69, 9.17) is 14.2 Å². The molecule has 0 radical (unpaired) electrons. The van der Waals surface area contributed by atoms with Crippen molar-refractivity contribution < 1.29 is 33.4 Å². The van der Waals surface area contributed by atoms with Crippen LogP contribution in [0.15, 0.2) is 0 Å². The Morgan fingerprint density at radius 2 is 1.69 bits per heavy atom. The molecule has 10 atom stereocenters. The third-order valence-corrected chi connectivity index (χ3v) is 10.9. The highest BCUT2D eigenvalue weighted by molar-refractivity contribution is 5.87. The second-order valence-corrected chi connectivity index (χ2v) is 12.6. The predicted molar refractivity (Wildman–Crippen MR) is 133 cm³/mol. The molecule has 0 bridgehead atoms. The lowest BCUT2D eigenvalue weighted by molar-refractivity contribution is -0.196. The van der Waals surface area contributed by atoms with E-state index in [1.54, 1.807) is 0 Å². The van der Waals surface area contributed by atoms with Crippen molar-refractivity contribution in [1.82, 2.24) is 0 Å². The Hall–Kier alpha value is -1.92. The van der Waals surface area contributed by atoms with E-state index in [1.807, 2.05) is 0 Å². The fourth-order valence-electron chi connectivity index (χ4n) is 9.14. The molecule has 0 aromatic rings. The maximum absolute atomic E-state index is 14.0. The Morgan fingerprint density at radius 1 is 1.00 bits per heavy atom. The van der Waals surface area contributed by atoms with Crippen molar-refractivity contribution in [2.75, 3.05) is 7.11 Å². The number of ether oxygens (including phenoxy) is 3. The van der Waals surface area contributed by atoms with E-state index in [0.29, 0.717) is 25.0 Å². The number of ketones is 1. The zero-order valence-corrected chi connectivity index (χ0v) is 22.8. The van der Waals surface area contributed by atoms with Crippen molar-refractivity contribution in [3.8, 4) is 0 Å². The molecule has 0 aromatic heterocycles. The number of carbonyl (C=O) groups is 4. The normalized spacial score (nSPS) is 42.4. The van der Waals surface area contributed by atoms with Crippen LogP contribution in [-0.2, 0) is 33.4 Å². The minimum Gasteiger partial charge on any atom is -0.469 e. The first kappa shape index (κ1) is 27.1. The van der Waals surface area contributed by atoms with Gasteiger partial charge in [-0.1, -0.05) is 20.8 Å². The number of methoxy groups -OCH3 is 1. The second-order valence-electron chi connectivity index (χ2n) is 12.6. The van der Waals surface area contributed by atoms with Gasteiger partial charge in [0.2, 0.25) is 0 Å². The average Bonchev–Trinajstić information content (AvgIpc) is 3.16. The molecule has 4 saturated carbocycles. The van der Waals surface area contributed by atoms with Gasteiger partial charge in [0, 0.05) is 38.0 Å². The molecule has 4 aliphatic carbocycles. The summed E-state index contributed by atoms with van der Waals surface area (Å²) in [7, 11) is 1.41. The highest BCUT2D eigenvalue weighted by atomic mass is 16.5. The first-order valence-corrected chi connectivity index (χ1v) is 13.9. The molecule has 4 aliphatic rings. The maximum Gasteiger partial charge on any atom is 0.305 e. The molecule has 0 saturated heterocycles. The minimum atomic E-state index is -0.465. The number of hydrogen-bond donors (Lipinski definition) is 0. The molecule has 0 heterocycles. The SMILES string of the molecule is COC(=O)CC[C@H](C)[C@H]1CC[C@H]2[C@@H]3[C@H](OC(C)=O)C[C@@H]4C[C@@H](OC(C)=O)CC[C@]4(C)[C@H]3CC(=O)[C@]12C. The van der Waals surface area contributed by atoms with Gasteiger partial charge >= 0.3 is 17.9 Å². The third kappa shape index (κ3) is 4.60. The number of fused-ring (bicyclic) bond motifs is 5. The van der Waals surface area contributed by atoms with Crippen molar-refractivity contribution >= 4 is 23.7 Å². The predicted octanol–water partition coefficient (Wildman–Crippen LogP) is 4.89. The standard InChI is InChI=1S/C29H44O7/c1-16(7-10-26(33)34-6)21-8-9-22-27-23(15-25(32)29(21,22)5)28(4)12-11-20(35-17(2)30)13-19(28)14-24(27)36-18(3)31/h16,19-24,27H,7-15H2,1-6H3/t16-,19-,20-,21+,22-,23-,24+,27-,28-,29+/m0/s1. The van der Waals surface area contributed by atoms with Gasteiger partial charge in [0.1, 0.15) is 18.0 Å². The second kappa shape index (κ2) is 10.1. The van der Waals surface area contributed by atoms with Gasteiger partial charge in [0.15, 0.2) is 0 Å². The zero-order valence-electron chi connectivity index (χ0n) is 22.8. The van der Waals surface area contributed by atoms with Crippen LogP contribution >= 0.6 is 0 Å².